The number of para-hydroxylation sites is 1. The number of sulfonamides is 1. The third-order valence-corrected chi connectivity index (χ3v) is 7.69. The van der Waals surface area contributed by atoms with Crippen LogP contribution in [0.5, 0.6) is 5.75 Å². The summed E-state index contributed by atoms with van der Waals surface area (Å²) < 4.78 is 33.8. The first-order valence-corrected chi connectivity index (χ1v) is 14.9. The molecule has 1 aliphatic rings. The lowest BCUT2D eigenvalue weighted by Gasteiger charge is -2.33. The number of nitrogens with two attached hydrogens (primary N) is 1. The number of hydrogen-bond acceptors (Lipinski definition) is 6. The molecule has 13 heteroatoms. The number of piperazine rings is 1. The van der Waals surface area contributed by atoms with Gasteiger partial charge in [-0.25, -0.2) is 13.2 Å². The van der Waals surface area contributed by atoms with E-state index in [1.54, 1.807) is 46.8 Å². The molecule has 2 heterocycles. The van der Waals surface area contributed by atoms with E-state index < -0.39 is 22.0 Å². The van der Waals surface area contributed by atoms with E-state index in [9.17, 15) is 22.8 Å². The fraction of sp³-hybridized carbons (Fsp3) is 0.393. The molecule has 0 unspecified atom stereocenters. The highest BCUT2D eigenvalue weighted by atomic mass is 32.2. The van der Waals surface area contributed by atoms with Crippen molar-refractivity contribution in [3.05, 3.63) is 53.2 Å². The van der Waals surface area contributed by atoms with Crippen molar-refractivity contribution in [1.82, 2.24) is 14.4 Å². The van der Waals surface area contributed by atoms with E-state index in [0.717, 1.165) is 11.8 Å². The van der Waals surface area contributed by atoms with E-state index >= 15 is 0 Å². The number of carbonyl (C=O) groups is 3. The summed E-state index contributed by atoms with van der Waals surface area (Å²) >= 11 is 0. The Kier molecular flexibility index (Phi) is 7.94. The van der Waals surface area contributed by atoms with Crippen molar-refractivity contribution in [3.8, 4) is 5.75 Å². The van der Waals surface area contributed by atoms with Crippen LogP contribution in [0, 0.1) is 0 Å². The molecule has 0 atom stereocenters. The number of aryl methyl sites for hydroxylation is 1. The second-order valence-electron chi connectivity index (χ2n) is 11.1. The minimum absolute atomic E-state index is 0.168. The van der Waals surface area contributed by atoms with Gasteiger partial charge in [-0.3, -0.25) is 14.3 Å². The van der Waals surface area contributed by atoms with Crippen LogP contribution in [0.25, 0.3) is 10.9 Å². The van der Waals surface area contributed by atoms with Gasteiger partial charge in [-0.2, -0.15) is 0 Å². The van der Waals surface area contributed by atoms with Gasteiger partial charge < -0.3 is 30.2 Å². The highest BCUT2D eigenvalue weighted by Gasteiger charge is 2.27. The Hall–Kier alpha value is -4.26. The number of benzene rings is 2. The lowest BCUT2D eigenvalue weighted by atomic mass is 9.86. The zero-order chi connectivity index (χ0) is 30.3. The standard InChI is InChI=1S/C28H36N6O6S/c1-28(2,3)18-15-20(24(40-5)21(16-18)31-41(6,38)39)30-25(35)22-14-17-8-7-9-19(23(17)32(22)4)26(36)33-10-12-34(13-11-33)27(29)37/h7-9,14-16,31H,10-13H2,1-6H3,(H2,29,37)(H,30,35). The Bertz CT molecular complexity index is 1630. The molecular formula is C28H36N6O6S. The number of carbonyl (C=O) groups excluding carboxylic acids is 3. The maximum Gasteiger partial charge on any atom is 0.314 e. The van der Waals surface area contributed by atoms with E-state index in [1.165, 1.54) is 12.0 Å². The molecule has 0 bridgehead atoms. The van der Waals surface area contributed by atoms with Crippen LogP contribution in [0.2, 0.25) is 0 Å². The van der Waals surface area contributed by atoms with Crippen LogP contribution < -0.4 is 20.5 Å². The molecule has 12 nitrogen and oxygen atoms in total. The second-order valence-corrected chi connectivity index (χ2v) is 12.9. The van der Waals surface area contributed by atoms with Crippen molar-refractivity contribution in [3.63, 3.8) is 0 Å². The second kappa shape index (κ2) is 11.0. The van der Waals surface area contributed by atoms with Gasteiger partial charge in [0.25, 0.3) is 11.8 Å². The summed E-state index contributed by atoms with van der Waals surface area (Å²) in [6.45, 7) is 7.32. The van der Waals surface area contributed by atoms with Gasteiger partial charge in [-0.1, -0.05) is 32.9 Å². The number of aromatic nitrogens is 1. The Balaban J connectivity index is 1.70. The third-order valence-electron chi connectivity index (χ3n) is 7.10. The molecule has 0 saturated carbocycles. The summed E-state index contributed by atoms with van der Waals surface area (Å²) in [5, 5.41) is 3.58. The van der Waals surface area contributed by atoms with E-state index in [4.69, 9.17) is 10.5 Å². The number of fused-ring (bicyclic) bond motifs is 1. The molecule has 1 aliphatic heterocycles. The molecule has 4 rings (SSSR count). The van der Waals surface area contributed by atoms with Crippen molar-refractivity contribution in [1.29, 1.82) is 0 Å². The summed E-state index contributed by atoms with van der Waals surface area (Å²) in [5.41, 5.74) is 7.60. The number of methoxy groups -OCH3 is 1. The monoisotopic (exact) mass is 584 g/mol. The third kappa shape index (κ3) is 6.24. The predicted molar refractivity (Wildman–Crippen MR) is 158 cm³/mol. The molecule has 4 N–H and O–H groups in total. The van der Waals surface area contributed by atoms with Gasteiger partial charge in [0.05, 0.1) is 35.8 Å². The number of nitrogens with one attached hydrogen (secondary N) is 2. The van der Waals surface area contributed by atoms with Crippen LogP contribution in [-0.2, 0) is 22.5 Å². The molecule has 0 spiro atoms. The highest BCUT2D eigenvalue weighted by molar-refractivity contribution is 7.92. The number of rotatable bonds is 6. The number of primary amides is 1. The van der Waals surface area contributed by atoms with Crippen molar-refractivity contribution in [2.24, 2.45) is 12.8 Å². The smallest absolute Gasteiger partial charge is 0.314 e. The average Bonchev–Trinajstić information content (AvgIpc) is 3.23. The van der Waals surface area contributed by atoms with Gasteiger partial charge in [0.15, 0.2) is 5.75 Å². The first-order chi connectivity index (χ1) is 19.1. The molecule has 2 aromatic carbocycles. The predicted octanol–water partition coefficient (Wildman–Crippen LogP) is 2.94. The van der Waals surface area contributed by atoms with E-state index in [1.807, 2.05) is 26.8 Å². The molecule has 41 heavy (non-hydrogen) atoms. The van der Waals surface area contributed by atoms with Gasteiger partial charge >= 0.3 is 6.03 Å². The number of hydrogen-bond donors (Lipinski definition) is 3. The highest BCUT2D eigenvalue weighted by Crippen LogP contribution is 2.39. The summed E-state index contributed by atoms with van der Waals surface area (Å²) in [6.07, 6.45) is 1.04. The quantitative estimate of drug-likeness (QED) is 0.405. The maximum absolute atomic E-state index is 13.6. The van der Waals surface area contributed by atoms with Crippen LogP contribution >= 0.6 is 0 Å². The maximum atomic E-state index is 13.6. The lowest BCUT2D eigenvalue weighted by Crippen LogP contribution is -2.52. The molecule has 1 fully saturated rings. The molecule has 1 saturated heterocycles. The fourth-order valence-electron chi connectivity index (χ4n) is 4.94. The molecule has 3 aromatic rings. The molecule has 4 amide bonds. The lowest BCUT2D eigenvalue weighted by molar-refractivity contribution is 0.0671. The van der Waals surface area contributed by atoms with Gasteiger partial charge in [0.1, 0.15) is 5.69 Å². The topological polar surface area (TPSA) is 156 Å². The van der Waals surface area contributed by atoms with Crippen LogP contribution in [0.1, 0.15) is 47.2 Å². The van der Waals surface area contributed by atoms with Crippen molar-refractivity contribution < 1.29 is 27.5 Å². The van der Waals surface area contributed by atoms with Crippen LogP contribution in [0.15, 0.2) is 36.4 Å². The van der Waals surface area contributed by atoms with E-state index in [0.29, 0.717) is 54.0 Å². The number of ether oxygens (including phenoxy) is 1. The Morgan fingerprint density at radius 2 is 1.59 bits per heavy atom. The number of nitrogens with zero attached hydrogens (tertiary/aromatic N) is 3. The van der Waals surface area contributed by atoms with Crippen molar-refractivity contribution in [2.75, 3.05) is 49.6 Å². The summed E-state index contributed by atoms with van der Waals surface area (Å²) in [7, 11) is -0.529. The van der Waals surface area contributed by atoms with Crippen LogP contribution in [0.4, 0.5) is 16.2 Å². The zero-order valence-electron chi connectivity index (χ0n) is 24.1. The fourth-order valence-corrected chi connectivity index (χ4v) is 5.50. The van der Waals surface area contributed by atoms with Crippen molar-refractivity contribution >= 4 is 50.1 Å². The summed E-state index contributed by atoms with van der Waals surface area (Å²) in [4.78, 5) is 41.8. The average molecular weight is 585 g/mol. The normalized spacial score (nSPS) is 14.2. The summed E-state index contributed by atoms with van der Waals surface area (Å²) in [5.74, 6) is -0.503. The van der Waals surface area contributed by atoms with Gasteiger partial charge in [0, 0.05) is 38.6 Å². The minimum Gasteiger partial charge on any atom is -0.492 e. The van der Waals surface area contributed by atoms with Gasteiger partial charge in [-0.15, -0.1) is 0 Å². The number of anilines is 2. The van der Waals surface area contributed by atoms with Crippen molar-refractivity contribution in [2.45, 2.75) is 26.2 Å². The largest absolute Gasteiger partial charge is 0.492 e. The molecule has 0 aliphatic carbocycles. The molecule has 1 aromatic heterocycles. The first-order valence-electron chi connectivity index (χ1n) is 13.0. The van der Waals surface area contributed by atoms with Crippen LogP contribution in [-0.4, -0.2) is 80.2 Å². The van der Waals surface area contributed by atoms with Gasteiger partial charge in [0.2, 0.25) is 10.0 Å². The zero-order valence-corrected chi connectivity index (χ0v) is 24.9. The molecular weight excluding hydrogens is 548 g/mol. The van der Waals surface area contributed by atoms with Gasteiger partial charge in [-0.05, 0) is 35.2 Å². The Morgan fingerprint density at radius 3 is 2.15 bits per heavy atom. The number of amides is 4. The van der Waals surface area contributed by atoms with Crippen LogP contribution in [0.3, 0.4) is 0 Å². The Morgan fingerprint density at radius 1 is 0.976 bits per heavy atom. The van der Waals surface area contributed by atoms with E-state index in [2.05, 4.69) is 10.0 Å². The first kappa shape index (κ1) is 29.7. The molecule has 220 valence electrons. The SMILES string of the molecule is COc1c(NC(=O)c2cc3cccc(C(=O)N4CCN(C(N)=O)CC4)c3n2C)cc(C(C)(C)C)cc1NS(C)(=O)=O. The van der Waals surface area contributed by atoms with E-state index in [-0.39, 0.29) is 22.8 Å². The summed E-state index contributed by atoms with van der Waals surface area (Å²) in [6, 6.07) is 9.93. The minimum atomic E-state index is -3.63. The Labute approximate surface area is 239 Å². The molecule has 0 radical (unpaired) electrons. The number of urea groups is 1.